The molecule has 5 nitrogen and oxygen atoms in total. The summed E-state index contributed by atoms with van der Waals surface area (Å²) in [5.41, 5.74) is 6.91. The van der Waals surface area contributed by atoms with Crippen LogP contribution in [0.5, 0.6) is 0 Å². The van der Waals surface area contributed by atoms with Gasteiger partial charge >= 0.3 is 0 Å². The highest BCUT2D eigenvalue weighted by atomic mass is 32.2. The van der Waals surface area contributed by atoms with Crippen LogP contribution in [0.1, 0.15) is 5.82 Å². The second-order valence-electron chi connectivity index (χ2n) is 4.20. The zero-order valence-electron chi connectivity index (χ0n) is 10.9. The average molecular weight is 302 g/mol. The molecule has 0 radical (unpaired) electrons. The molecule has 106 valence electrons. The number of halogens is 1. The Morgan fingerprint density at radius 1 is 1.24 bits per heavy atom. The molecule has 0 saturated heterocycles. The third-order valence-corrected chi connectivity index (χ3v) is 3.79. The van der Waals surface area contributed by atoms with Crippen molar-refractivity contribution in [2.75, 3.05) is 5.73 Å². The van der Waals surface area contributed by atoms with Crippen molar-refractivity contribution in [3.05, 3.63) is 54.4 Å². The molecule has 3 rings (SSSR count). The first-order valence-corrected chi connectivity index (χ1v) is 7.12. The maximum absolute atomic E-state index is 13.5. The summed E-state index contributed by atoms with van der Waals surface area (Å²) in [4.78, 5) is 8.71. The van der Waals surface area contributed by atoms with E-state index in [2.05, 4.69) is 15.1 Å². The smallest absolute Gasteiger partial charge is 0.260 e. The number of nitrogens with two attached hydrogens (primary N) is 1. The van der Waals surface area contributed by atoms with Gasteiger partial charge in [-0.05, 0) is 18.2 Å². The zero-order chi connectivity index (χ0) is 14.7. The van der Waals surface area contributed by atoms with Crippen molar-refractivity contribution >= 4 is 17.4 Å². The fourth-order valence-electron chi connectivity index (χ4n) is 1.73. The summed E-state index contributed by atoms with van der Waals surface area (Å²) < 4.78 is 18.7. The van der Waals surface area contributed by atoms with Crippen LogP contribution in [-0.4, -0.2) is 15.1 Å². The Kier molecular flexibility index (Phi) is 3.83. The van der Waals surface area contributed by atoms with E-state index in [9.17, 15) is 4.39 Å². The fraction of sp³-hybridized carbons (Fsp3) is 0.0714. The molecule has 3 aromatic rings. The van der Waals surface area contributed by atoms with Crippen LogP contribution >= 0.6 is 11.8 Å². The van der Waals surface area contributed by atoms with E-state index >= 15 is 0 Å². The van der Waals surface area contributed by atoms with Crippen LogP contribution in [0.4, 0.5) is 10.1 Å². The SMILES string of the molecule is Nc1cnccc1-c1nc(CSc2ccccc2F)no1. The molecule has 0 saturated carbocycles. The number of hydrogen-bond donors (Lipinski definition) is 1. The van der Waals surface area contributed by atoms with Gasteiger partial charge in [0.25, 0.3) is 5.89 Å². The highest BCUT2D eigenvalue weighted by Gasteiger charge is 2.12. The van der Waals surface area contributed by atoms with Crippen LogP contribution in [0.3, 0.4) is 0 Å². The molecule has 2 N–H and O–H groups in total. The van der Waals surface area contributed by atoms with E-state index in [1.165, 1.54) is 24.0 Å². The molecule has 0 unspecified atom stereocenters. The Morgan fingerprint density at radius 2 is 2.10 bits per heavy atom. The monoisotopic (exact) mass is 302 g/mol. The molecule has 0 aliphatic heterocycles. The van der Waals surface area contributed by atoms with Crippen LogP contribution in [-0.2, 0) is 5.75 Å². The molecule has 1 aromatic carbocycles. The number of hydrogen-bond acceptors (Lipinski definition) is 6. The minimum absolute atomic E-state index is 0.260. The van der Waals surface area contributed by atoms with E-state index in [0.29, 0.717) is 33.6 Å². The molecule has 7 heteroatoms. The fourth-order valence-corrected chi connectivity index (χ4v) is 2.51. The van der Waals surface area contributed by atoms with Gasteiger partial charge < -0.3 is 10.3 Å². The average Bonchev–Trinajstić information content (AvgIpc) is 2.96. The second-order valence-corrected chi connectivity index (χ2v) is 5.21. The number of anilines is 1. The van der Waals surface area contributed by atoms with Crippen molar-refractivity contribution in [2.45, 2.75) is 10.6 Å². The molecular formula is C14H11FN4OS. The summed E-state index contributed by atoms with van der Waals surface area (Å²) in [7, 11) is 0. The largest absolute Gasteiger partial charge is 0.397 e. The van der Waals surface area contributed by atoms with Gasteiger partial charge in [-0.3, -0.25) is 4.98 Å². The molecule has 0 aliphatic carbocycles. The Labute approximate surface area is 124 Å². The van der Waals surface area contributed by atoms with E-state index in [0.717, 1.165) is 0 Å². The van der Waals surface area contributed by atoms with E-state index < -0.39 is 0 Å². The topological polar surface area (TPSA) is 77.8 Å². The number of thioether (sulfide) groups is 1. The van der Waals surface area contributed by atoms with Crippen molar-refractivity contribution in [1.82, 2.24) is 15.1 Å². The summed E-state index contributed by atoms with van der Waals surface area (Å²) in [6.07, 6.45) is 3.12. The van der Waals surface area contributed by atoms with Gasteiger partial charge in [-0.2, -0.15) is 4.98 Å². The Balaban J connectivity index is 1.74. The van der Waals surface area contributed by atoms with Crippen molar-refractivity contribution in [1.29, 1.82) is 0 Å². The van der Waals surface area contributed by atoms with Gasteiger partial charge in [0.1, 0.15) is 5.82 Å². The van der Waals surface area contributed by atoms with Crippen LogP contribution in [0.25, 0.3) is 11.5 Å². The summed E-state index contributed by atoms with van der Waals surface area (Å²) >= 11 is 1.31. The van der Waals surface area contributed by atoms with E-state index in [-0.39, 0.29) is 5.82 Å². The molecule has 2 heterocycles. The highest BCUT2D eigenvalue weighted by molar-refractivity contribution is 7.98. The van der Waals surface area contributed by atoms with E-state index in [1.54, 1.807) is 30.5 Å². The number of aromatic nitrogens is 3. The normalized spacial score (nSPS) is 10.7. The molecule has 0 atom stereocenters. The van der Waals surface area contributed by atoms with Crippen molar-refractivity contribution in [2.24, 2.45) is 0 Å². The van der Waals surface area contributed by atoms with Gasteiger partial charge in [0, 0.05) is 11.1 Å². The minimum Gasteiger partial charge on any atom is -0.397 e. The molecule has 0 aliphatic rings. The Bertz CT molecular complexity index is 762. The number of pyridine rings is 1. The quantitative estimate of drug-likeness (QED) is 0.746. The van der Waals surface area contributed by atoms with Crippen molar-refractivity contribution in [3.63, 3.8) is 0 Å². The van der Waals surface area contributed by atoms with E-state index in [4.69, 9.17) is 10.3 Å². The predicted molar refractivity (Wildman–Crippen MR) is 77.9 cm³/mol. The molecule has 21 heavy (non-hydrogen) atoms. The maximum Gasteiger partial charge on any atom is 0.260 e. The molecule has 0 fully saturated rings. The van der Waals surface area contributed by atoms with Gasteiger partial charge in [0.15, 0.2) is 5.82 Å². The van der Waals surface area contributed by atoms with Crippen LogP contribution < -0.4 is 5.73 Å². The summed E-state index contributed by atoms with van der Waals surface area (Å²) in [5.74, 6) is 0.966. The van der Waals surface area contributed by atoms with Crippen LogP contribution in [0, 0.1) is 5.82 Å². The first-order chi connectivity index (χ1) is 10.2. The number of rotatable bonds is 4. The van der Waals surface area contributed by atoms with Crippen molar-refractivity contribution in [3.8, 4) is 11.5 Å². The third kappa shape index (κ3) is 3.03. The third-order valence-electron chi connectivity index (χ3n) is 2.74. The summed E-state index contributed by atoms with van der Waals surface area (Å²) in [5, 5.41) is 3.87. The molecule has 0 spiro atoms. The van der Waals surface area contributed by atoms with Crippen LogP contribution in [0.15, 0.2) is 52.1 Å². The number of nitrogens with zero attached hydrogens (tertiary/aromatic N) is 3. The van der Waals surface area contributed by atoms with Crippen molar-refractivity contribution < 1.29 is 8.91 Å². The predicted octanol–water partition coefficient (Wildman–Crippen LogP) is 3.15. The van der Waals surface area contributed by atoms with E-state index in [1.807, 2.05) is 0 Å². The first-order valence-electron chi connectivity index (χ1n) is 6.14. The van der Waals surface area contributed by atoms with Gasteiger partial charge in [-0.1, -0.05) is 17.3 Å². The lowest BCUT2D eigenvalue weighted by molar-refractivity contribution is 0.425. The molecular weight excluding hydrogens is 291 g/mol. The lowest BCUT2D eigenvalue weighted by Crippen LogP contribution is -1.91. The zero-order valence-corrected chi connectivity index (χ0v) is 11.7. The Morgan fingerprint density at radius 3 is 2.90 bits per heavy atom. The standard InChI is InChI=1S/C14H11FN4OS/c15-10-3-1-2-4-12(10)21-8-13-18-14(20-19-13)9-5-6-17-7-11(9)16/h1-7H,8,16H2. The number of nitrogen functional groups attached to an aromatic ring is 1. The Hall–Kier alpha value is -2.41. The van der Waals surface area contributed by atoms with Gasteiger partial charge in [0.05, 0.1) is 23.2 Å². The van der Waals surface area contributed by atoms with Gasteiger partial charge in [0.2, 0.25) is 0 Å². The lowest BCUT2D eigenvalue weighted by Gasteiger charge is -1.99. The summed E-state index contributed by atoms with van der Waals surface area (Å²) in [6.45, 7) is 0. The minimum atomic E-state index is -0.260. The summed E-state index contributed by atoms with van der Waals surface area (Å²) in [6, 6.07) is 8.27. The molecule has 0 bridgehead atoms. The molecule has 2 aromatic heterocycles. The number of benzene rings is 1. The second kappa shape index (κ2) is 5.92. The van der Waals surface area contributed by atoms with Gasteiger partial charge in [-0.15, -0.1) is 11.8 Å². The van der Waals surface area contributed by atoms with Gasteiger partial charge in [-0.25, -0.2) is 4.39 Å². The first kappa shape index (κ1) is 13.6. The maximum atomic E-state index is 13.5. The molecule has 0 amide bonds. The lowest BCUT2D eigenvalue weighted by atomic mass is 10.2. The van der Waals surface area contributed by atoms with Crippen LogP contribution in [0.2, 0.25) is 0 Å². The highest BCUT2D eigenvalue weighted by Crippen LogP contribution is 2.26.